The van der Waals surface area contributed by atoms with Gasteiger partial charge < -0.3 is 20.4 Å². The van der Waals surface area contributed by atoms with Gasteiger partial charge in [-0.05, 0) is 44.2 Å². The average molecular weight is 332 g/mol. The van der Waals surface area contributed by atoms with Crippen LogP contribution in [-0.4, -0.2) is 55.5 Å². The molecule has 2 amide bonds. The van der Waals surface area contributed by atoms with Gasteiger partial charge in [0.25, 0.3) is 0 Å². The second-order valence-electron chi connectivity index (χ2n) is 6.21. The molecule has 132 valence electrons. The third-order valence-electron chi connectivity index (χ3n) is 4.51. The molecule has 1 aliphatic rings. The lowest BCUT2D eigenvalue weighted by Crippen LogP contribution is -2.46. The molecule has 0 bridgehead atoms. The first kappa shape index (κ1) is 18.3. The van der Waals surface area contributed by atoms with Crippen molar-refractivity contribution in [1.29, 1.82) is 0 Å². The molecular formula is C18H28N4O2. The van der Waals surface area contributed by atoms with Crippen molar-refractivity contribution >= 4 is 23.2 Å². The van der Waals surface area contributed by atoms with E-state index in [4.69, 9.17) is 0 Å². The molecule has 24 heavy (non-hydrogen) atoms. The molecule has 1 atom stereocenters. The van der Waals surface area contributed by atoms with Crippen LogP contribution in [0.1, 0.15) is 27.2 Å². The van der Waals surface area contributed by atoms with Crippen LogP contribution in [0.25, 0.3) is 0 Å². The Kier molecular flexibility index (Phi) is 6.61. The van der Waals surface area contributed by atoms with Gasteiger partial charge in [0.15, 0.2) is 0 Å². The summed E-state index contributed by atoms with van der Waals surface area (Å²) < 4.78 is 0. The van der Waals surface area contributed by atoms with Crippen LogP contribution in [0.2, 0.25) is 0 Å². The number of likely N-dealkylation sites (N-methyl/N-ethyl adjacent to an activating group) is 1. The number of hydrogen-bond acceptors (Lipinski definition) is 4. The van der Waals surface area contributed by atoms with Crippen molar-refractivity contribution in [2.75, 3.05) is 42.9 Å². The van der Waals surface area contributed by atoms with Crippen molar-refractivity contribution in [2.24, 2.45) is 0 Å². The summed E-state index contributed by atoms with van der Waals surface area (Å²) in [7, 11) is 0. The molecule has 6 heteroatoms. The molecule has 2 rings (SSSR count). The molecule has 2 N–H and O–H groups in total. The Bertz CT molecular complexity index is 551. The summed E-state index contributed by atoms with van der Waals surface area (Å²) in [6, 6.07) is 7.66. The summed E-state index contributed by atoms with van der Waals surface area (Å²) in [5.41, 5.74) is 1.78. The predicted octanol–water partition coefficient (Wildman–Crippen LogP) is 1.68. The molecule has 0 radical (unpaired) electrons. The van der Waals surface area contributed by atoms with E-state index in [0.29, 0.717) is 5.69 Å². The fraction of sp³-hybridized carbons (Fsp3) is 0.556. The number of amides is 2. The van der Waals surface area contributed by atoms with Gasteiger partial charge in [0.05, 0.1) is 0 Å². The van der Waals surface area contributed by atoms with E-state index in [1.807, 2.05) is 38.1 Å². The van der Waals surface area contributed by atoms with Crippen LogP contribution in [0.5, 0.6) is 0 Å². The van der Waals surface area contributed by atoms with Gasteiger partial charge >= 0.3 is 11.8 Å². The zero-order chi connectivity index (χ0) is 17.5. The molecule has 1 heterocycles. The summed E-state index contributed by atoms with van der Waals surface area (Å²) in [5, 5.41) is 5.30. The van der Waals surface area contributed by atoms with Gasteiger partial charge in [-0.15, -0.1) is 0 Å². The summed E-state index contributed by atoms with van der Waals surface area (Å²) in [5.74, 6) is -1.22. The molecule has 1 aliphatic heterocycles. The minimum atomic E-state index is -0.625. The average Bonchev–Trinajstić information content (AvgIpc) is 2.62. The zero-order valence-corrected chi connectivity index (χ0v) is 14.8. The van der Waals surface area contributed by atoms with Crippen LogP contribution < -0.4 is 15.5 Å². The van der Waals surface area contributed by atoms with E-state index in [-0.39, 0.29) is 6.04 Å². The monoisotopic (exact) mass is 332 g/mol. The van der Waals surface area contributed by atoms with E-state index < -0.39 is 11.8 Å². The highest BCUT2D eigenvalue weighted by atomic mass is 16.2. The van der Waals surface area contributed by atoms with Crippen LogP contribution in [-0.2, 0) is 9.59 Å². The number of piperazine rings is 1. The molecule has 0 spiro atoms. The van der Waals surface area contributed by atoms with E-state index in [1.165, 1.54) is 0 Å². The Morgan fingerprint density at radius 3 is 2.21 bits per heavy atom. The lowest BCUT2D eigenvalue weighted by atomic mass is 10.2. The Balaban J connectivity index is 1.88. The summed E-state index contributed by atoms with van der Waals surface area (Å²) in [4.78, 5) is 28.4. The van der Waals surface area contributed by atoms with Crippen molar-refractivity contribution in [2.45, 2.75) is 33.2 Å². The first-order chi connectivity index (χ1) is 11.5. The third kappa shape index (κ3) is 4.96. The number of anilines is 2. The Hall–Kier alpha value is -2.08. The maximum Gasteiger partial charge on any atom is 0.313 e. The van der Waals surface area contributed by atoms with Crippen LogP contribution in [0.4, 0.5) is 11.4 Å². The second kappa shape index (κ2) is 8.68. The van der Waals surface area contributed by atoms with Gasteiger partial charge in [-0.1, -0.05) is 13.8 Å². The first-order valence-electron chi connectivity index (χ1n) is 8.72. The quantitative estimate of drug-likeness (QED) is 0.805. The van der Waals surface area contributed by atoms with Gasteiger partial charge in [-0.2, -0.15) is 0 Å². The lowest BCUT2D eigenvalue weighted by molar-refractivity contribution is -0.136. The zero-order valence-electron chi connectivity index (χ0n) is 14.8. The van der Waals surface area contributed by atoms with Crippen LogP contribution >= 0.6 is 0 Å². The van der Waals surface area contributed by atoms with E-state index >= 15 is 0 Å². The highest BCUT2D eigenvalue weighted by Crippen LogP contribution is 2.19. The van der Waals surface area contributed by atoms with E-state index in [0.717, 1.165) is 44.8 Å². The van der Waals surface area contributed by atoms with Crippen molar-refractivity contribution in [3.8, 4) is 0 Å². The minimum absolute atomic E-state index is 0.00702. The standard InChI is InChI=1S/C18H28N4O2/c1-4-14(3)19-17(23)18(24)20-15-6-8-16(9-7-15)22-12-10-21(5-2)11-13-22/h6-9,14H,4-5,10-13H2,1-3H3,(H,19,23)(H,20,24). The number of nitrogens with one attached hydrogen (secondary N) is 2. The summed E-state index contributed by atoms with van der Waals surface area (Å²) in [6.07, 6.45) is 0.791. The molecule has 1 fully saturated rings. The predicted molar refractivity (Wildman–Crippen MR) is 97.3 cm³/mol. The molecule has 0 aromatic heterocycles. The first-order valence-corrected chi connectivity index (χ1v) is 8.72. The number of carbonyl (C=O) groups excluding carboxylic acids is 2. The van der Waals surface area contributed by atoms with Crippen molar-refractivity contribution in [3.05, 3.63) is 24.3 Å². The van der Waals surface area contributed by atoms with Crippen molar-refractivity contribution in [3.63, 3.8) is 0 Å². The van der Waals surface area contributed by atoms with E-state index in [2.05, 4.69) is 27.4 Å². The molecule has 0 saturated carbocycles. The Morgan fingerprint density at radius 1 is 1.04 bits per heavy atom. The summed E-state index contributed by atoms with van der Waals surface area (Å²) in [6.45, 7) is 11.3. The van der Waals surface area contributed by atoms with Gasteiger partial charge in [0.1, 0.15) is 0 Å². The smallest absolute Gasteiger partial charge is 0.313 e. The molecule has 6 nitrogen and oxygen atoms in total. The summed E-state index contributed by atoms with van der Waals surface area (Å²) >= 11 is 0. The Labute approximate surface area is 144 Å². The van der Waals surface area contributed by atoms with Crippen molar-refractivity contribution < 1.29 is 9.59 Å². The molecule has 1 unspecified atom stereocenters. The topological polar surface area (TPSA) is 64.7 Å². The number of hydrogen-bond donors (Lipinski definition) is 2. The molecule has 1 aromatic rings. The van der Waals surface area contributed by atoms with Gasteiger partial charge in [-0.25, -0.2) is 0 Å². The number of benzene rings is 1. The fourth-order valence-electron chi connectivity index (χ4n) is 2.66. The fourth-order valence-corrected chi connectivity index (χ4v) is 2.66. The van der Waals surface area contributed by atoms with Crippen LogP contribution in [0, 0.1) is 0 Å². The van der Waals surface area contributed by atoms with Crippen LogP contribution in [0.3, 0.4) is 0 Å². The van der Waals surface area contributed by atoms with Gasteiger partial charge in [-0.3, -0.25) is 9.59 Å². The van der Waals surface area contributed by atoms with Crippen LogP contribution in [0.15, 0.2) is 24.3 Å². The number of nitrogens with zero attached hydrogens (tertiary/aromatic N) is 2. The minimum Gasteiger partial charge on any atom is -0.369 e. The maximum absolute atomic E-state index is 11.9. The molecule has 1 saturated heterocycles. The maximum atomic E-state index is 11.9. The molecular weight excluding hydrogens is 304 g/mol. The van der Waals surface area contributed by atoms with Gasteiger partial charge in [0, 0.05) is 43.6 Å². The lowest BCUT2D eigenvalue weighted by Gasteiger charge is -2.35. The normalized spacial score (nSPS) is 16.5. The highest BCUT2D eigenvalue weighted by Gasteiger charge is 2.17. The second-order valence-corrected chi connectivity index (χ2v) is 6.21. The Morgan fingerprint density at radius 2 is 1.67 bits per heavy atom. The SMILES string of the molecule is CCC(C)NC(=O)C(=O)Nc1ccc(N2CCN(CC)CC2)cc1. The molecule has 0 aliphatic carbocycles. The van der Waals surface area contributed by atoms with E-state index in [9.17, 15) is 9.59 Å². The number of carbonyl (C=O) groups is 2. The highest BCUT2D eigenvalue weighted by molar-refractivity contribution is 6.39. The van der Waals surface area contributed by atoms with Gasteiger partial charge in [0.2, 0.25) is 0 Å². The van der Waals surface area contributed by atoms with E-state index in [1.54, 1.807) is 0 Å². The third-order valence-corrected chi connectivity index (χ3v) is 4.51. The van der Waals surface area contributed by atoms with Crippen molar-refractivity contribution in [1.82, 2.24) is 10.2 Å². The molecule has 1 aromatic carbocycles. The largest absolute Gasteiger partial charge is 0.369 e. The number of rotatable bonds is 5.